The van der Waals surface area contributed by atoms with Gasteiger partial charge < -0.3 is 18.9 Å². The van der Waals surface area contributed by atoms with Gasteiger partial charge in [-0.15, -0.1) is 0 Å². The summed E-state index contributed by atoms with van der Waals surface area (Å²) in [5.41, 5.74) is 8.56. The number of benzene rings is 4. The average Bonchev–Trinajstić information content (AvgIpc) is 2.97. The van der Waals surface area contributed by atoms with E-state index < -0.39 is 0 Å². The standard InChI is InChI=1S/C36H36O6/c1-3-39-33(37)23-41-35-29-13-7-14-30(35)20-26-10-6-12-28(18-26)22-32-16-8-15-31(36(32)42-24-34(38)40-4-2)21-27-11-5-9-25(17-27)19-29/h5-18H,3-4,19-24H2,1-2H3. The Morgan fingerprint density at radius 1 is 0.524 bits per heavy atom. The largest absolute Gasteiger partial charge is 0.481 e. The number of para-hydroxylation sites is 2. The summed E-state index contributed by atoms with van der Waals surface area (Å²) >= 11 is 0. The average molecular weight is 565 g/mol. The monoisotopic (exact) mass is 564 g/mol. The second-order valence-corrected chi connectivity index (χ2v) is 10.3. The van der Waals surface area contributed by atoms with Gasteiger partial charge in [0.05, 0.1) is 13.2 Å². The number of hydrogen-bond acceptors (Lipinski definition) is 6. The highest BCUT2D eigenvalue weighted by atomic mass is 16.6. The number of ether oxygens (including phenoxy) is 4. The van der Waals surface area contributed by atoms with Crippen molar-refractivity contribution in [1.29, 1.82) is 0 Å². The van der Waals surface area contributed by atoms with Crippen molar-refractivity contribution in [2.24, 2.45) is 0 Å². The third kappa shape index (κ3) is 7.38. The Morgan fingerprint density at radius 3 is 1.14 bits per heavy atom. The van der Waals surface area contributed by atoms with Crippen molar-refractivity contribution in [3.05, 3.63) is 129 Å². The molecular formula is C36H36O6. The summed E-state index contributed by atoms with van der Waals surface area (Å²) in [7, 11) is 0. The van der Waals surface area contributed by atoms with Crippen LogP contribution in [0.3, 0.4) is 0 Å². The van der Waals surface area contributed by atoms with Crippen LogP contribution in [0.15, 0.2) is 84.9 Å². The highest BCUT2D eigenvalue weighted by Gasteiger charge is 2.17. The van der Waals surface area contributed by atoms with Crippen LogP contribution in [0, 0.1) is 0 Å². The lowest BCUT2D eigenvalue weighted by Gasteiger charge is -2.19. The number of carbonyl (C=O) groups excluding carboxylic acids is 2. The molecule has 0 saturated carbocycles. The first-order valence-corrected chi connectivity index (χ1v) is 14.5. The van der Waals surface area contributed by atoms with Crippen molar-refractivity contribution in [2.45, 2.75) is 39.5 Å². The SMILES string of the molecule is CCOC(=O)COc1c2cccc1Cc1cccc(c1)Cc1cccc(c1OCC(=O)OCC)Cc1cccc(c1)C2. The van der Waals surface area contributed by atoms with Crippen LogP contribution >= 0.6 is 0 Å². The van der Waals surface area contributed by atoms with Crippen LogP contribution in [0.25, 0.3) is 0 Å². The Kier molecular flexibility index (Phi) is 9.55. The van der Waals surface area contributed by atoms with E-state index in [1.54, 1.807) is 13.8 Å². The second kappa shape index (κ2) is 13.9. The molecule has 0 fully saturated rings. The van der Waals surface area contributed by atoms with E-state index in [4.69, 9.17) is 18.9 Å². The summed E-state index contributed by atoms with van der Waals surface area (Å²) in [5.74, 6) is 0.694. The maximum atomic E-state index is 12.2. The van der Waals surface area contributed by atoms with Crippen molar-refractivity contribution in [3.8, 4) is 11.5 Å². The molecule has 0 heterocycles. The molecule has 216 valence electrons. The zero-order valence-corrected chi connectivity index (χ0v) is 24.2. The molecule has 1 aliphatic rings. The minimum Gasteiger partial charge on any atom is -0.481 e. The van der Waals surface area contributed by atoms with E-state index in [1.807, 2.05) is 0 Å². The fraction of sp³-hybridized carbons (Fsp3) is 0.278. The van der Waals surface area contributed by atoms with Crippen molar-refractivity contribution in [3.63, 3.8) is 0 Å². The predicted octanol–water partition coefficient (Wildman–Crippen LogP) is 6.25. The Balaban J connectivity index is 1.57. The molecule has 0 amide bonds. The fourth-order valence-electron chi connectivity index (χ4n) is 5.45. The molecule has 0 unspecified atom stereocenters. The van der Waals surface area contributed by atoms with Crippen LogP contribution in [-0.2, 0) is 44.7 Å². The normalized spacial score (nSPS) is 12.2. The van der Waals surface area contributed by atoms with Gasteiger partial charge in [-0.3, -0.25) is 0 Å². The summed E-state index contributed by atoms with van der Waals surface area (Å²) in [5, 5.41) is 0. The first kappa shape index (κ1) is 28.9. The molecular weight excluding hydrogens is 528 g/mol. The molecule has 6 heteroatoms. The Bertz CT molecular complexity index is 1360. The van der Waals surface area contributed by atoms with Crippen molar-refractivity contribution in [1.82, 2.24) is 0 Å². The molecule has 4 aromatic rings. The van der Waals surface area contributed by atoms with Crippen molar-refractivity contribution in [2.75, 3.05) is 26.4 Å². The molecule has 0 spiro atoms. The van der Waals surface area contributed by atoms with E-state index in [1.165, 1.54) is 0 Å². The summed E-state index contributed by atoms with van der Waals surface area (Å²) in [6.07, 6.45) is 2.58. The van der Waals surface area contributed by atoms with Gasteiger partial charge in [-0.1, -0.05) is 84.9 Å². The van der Waals surface area contributed by atoms with E-state index >= 15 is 0 Å². The van der Waals surface area contributed by atoms with Crippen LogP contribution in [0.1, 0.15) is 58.4 Å². The summed E-state index contributed by atoms with van der Waals surface area (Å²) in [6.45, 7) is 3.93. The minimum absolute atomic E-state index is 0.138. The molecule has 0 aromatic heterocycles. The molecule has 0 N–H and O–H groups in total. The molecule has 0 atom stereocenters. The molecule has 8 bridgehead atoms. The van der Waals surface area contributed by atoms with E-state index in [0.717, 1.165) is 56.0 Å². The van der Waals surface area contributed by atoms with Crippen LogP contribution in [0.5, 0.6) is 11.5 Å². The Hall–Kier alpha value is -4.58. The lowest BCUT2D eigenvalue weighted by molar-refractivity contribution is -0.146. The highest BCUT2D eigenvalue weighted by molar-refractivity contribution is 5.71. The lowest BCUT2D eigenvalue weighted by atomic mass is 9.92. The van der Waals surface area contributed by atoms with Gasteiger partial charge >= 0.3 is 11.9 Å². The molecule has 1 aliphatic carbocycles. The quantitative estimate of drug-likeness (QED) is 0.208. The second-order valence-electron chi connectivity index (χ2n) is 10.3. The van der Waals surface area contributed by atoms with Crippen LogP contribution in [0.4, 0.5) is 0 Å². The van der Waals surface area contributed by atoms with Crippen molar-refractivity contribution < 1.29 is 28.5 Å². The van der Waals surface area contributed by atoms with Crippen LogP contribution < -0.4 is 9.47 Å². The Labute approximate surface area is 247 Å². The number of hydrogen-bond donors (Lipinski definition) is 0. The molecule has 5 rings (SSSR count). The topological polar surface area (TPSA) is 71.1 Å². The third-order valence-corrected chi connectivity index (χ3v) is 7.20. The molecule has 6 nitrogen and oxygen atoms in total. The van der Waals surface area contributed by atoms with Gasteiger partial charge in [-0.05, 0) is 58.4 Å². The third-order valence-electron chi connectivity index (χ3n) is 7.20. The van der Waals surface area contributed by atoms with E-state index in [9.17, 15) is 9.59 Å². The summed E-state index contributed by atoms with van der Waals surface area (Å²) in [4.78, 5) is 24.4. The van der Waals surface area contributed by atoms with Gasteiger partial charge in [-0.25, -0.2) is 9.59 Å². The van der Waals surface area contributed by atoms with Gasteiger partial charge in [0.25, 0.3) is 0 Å². The maximum Gasteiger partial charge on any atom is 0.344 e. The minimum atomic E-state index is -0.383. The predicted molar refractivity (Wildman–Crippen MR) is 161 cm³/mol. The van der Waals surface area contributed by atoms with Gasteiger partial charge in [0.15, 0.2) is 13.2 Å². The molecule has 0 radical (unpaired) electrons. The lowest BCUT2D eigenvalue weighted by Crippen LogP contribution is -2.16. The van der Waals surface area contributed by atoms with E-state index in [2.05, 4.69) is 84.9 Å². The maximum absolute atomic E-state index is 12.2. The van der Waals surface area contributed by atoms with E-state index in [-0.39, 0.29) is 25.2 Å². The first-order valence-electron chi connectivity index (χ1n) is 14.5. The fourth-order valence-corrected chi connectivity index (χ4v) is 5.45. The van der Waals surface area contributed by atoms with Crippen LogP contribution in [-0.4, -0.2) is 38.4 Å². The molecule has 0 aliphatic heterocycles. The zero-order valence-electron chi connectivity index (χ0n) is 24.2. The number of rotatable bonds is 8. The smallest absolute Gasteiger partial charge is 0.344 e. The van der Waals surface area contributed by atoms with Gasteiger partial charge in [-0.2, -0.15) is 0 Å². The van der Waals surface area contributed by atoms with Crippen LogP contribution in [0.2, 0.25) is 0 Å². The van der Waals surface area contributed by atoms with E-state index in [0.29, 0.717) is 38.9 Å². The zero-order chi connectivity index (χ0) is 29.3. The van der Waals surface area contributed by atoms with Gasteiger partial charge in [0.2, 0.25) is 0 Å². The number of carbonyl (C=O) groups is 2. The van der Waals surface area contributed by atoms with Crippen molar-refractivity contribution >= 4 is 11.9 Å². The molecule has 0 saturated heterocycles. The number of esters is 2. The summed E-state index contributed by atoms with van der Waals surface area (Å²) in [6, 6.07) is 29.3. The molecule has 4 aromatic carbocycles. The summed E-state index contributed by atoms with van der Waals surface area (Å²) < 4.78 is 22.6. The highest BCUT2D eigenvalue weighted by Crippen LogP contribution is 2.32. The van der Waals surface area contributed by atoms with Gasteiger partial charge in [0, 0.05) is 25.7 Å². The molecule has 42 heavy (non-hydrogen) atoms. The number of fused-ring (bicyclic) bond motifs is 8. The van der Waals surface area contributed by atoms with Gasteiger partial charge in [0.1, 0.15) is 11.5 Å². The first-order chi connectivity index (χ1) is 20.5. The Morgan fingerprint density at radius 2 is 0.833 bits per heavy atom.